The second-order valence-electron chi connectivity index (χ2n) is 6.84. The van der Waals surface area contributed by atoms with Gasteiger partial charge in [-0.2, -0.15) is 18.3 Å². The summed E-state index contributed by atoms with van der Waals surface area (Å²) in [5.41, 5.74) is -0.188. The van der Waals surface area contributed by atoms with Crippen LogP contribution in [0.1, 0.15) is 16.0 Å². The number of carbonyl (C=O) groups is 1. The van der Waals surface area contributed by atoms with E-state index < -0.39 is 17.6 Å². The molecule has 0 atom stereocenters. The van der Waals surface area contributed by atoms with Gasteiger partial charge in [0, 0.05) is 27.9 Å². The fourth-order valence-electron chi connectivity index (χ4n) is 3.10. The quantitative estimate of drug-likeness (QED) is 0.449. The highest BCUT2D eigenvalue weighted by Crippen LogP contribution is 2.33. The van der Waals surface area contributed by atoms with E-state index in [1.54, 1.807) is 24.3 Å². The van der Waals surface area contributed by atoms with Gasteiger partial charge in [0.15, 0.2) is 5.13 Å². The van der Waals surface area contributed by atoms with E-state index in [1.807, 2.05) is 0 Å². The zero-order valence-corrected chi connectivity index (χ0v) is 17.8. The molecule has 0 aliphatic rings. The average molecular weight is 479 g/mol. The molecule has 0 aliphatic carbocycles. The molecule has 0 saturated heterocycles. The van der Waals surface area contributed by atoms with Crippen molar-refractivity contribution in [3.05, 3.63) is 86.1 Å². The molecule has 11 heteroatoms. The lowest BCUT2D eigenvalue weighted by molar-refractivity contribution is -0.137. The third-order valence-electron chi connectivity index (χ3n) is 4.59. The molecule has 2 aromatic carbocycles. The number of amides is 1. The fraction of sp³-hybridized carbons (Fsp3) is 0.143. The first-order chi connectivity index (χ1) is 15.2. The van der Waals surface area contributed by atoms with Crippen LogP contribution in [0.4, 0.5) is 18.3 Å². The number of aromatic nitrogens is 3. The van der Waals surface area contributed by atoms with Gasteiger partial charge in [-0.25, -0.2) is 4.98 Å². The number of anilines is 1. The summed E-state index contributed by atoms with van der Waals surface area (Å²) in [6, 6.07) is 9.96. The van der Waals surface area contributed by atoms with Gasteiger partial charge in [0.05, 0.1) is 17.3 Å². The van der Waals surface area contributed by atoms with Crippen LogP contribution in [0.2, 0.25) is 5.02 Å². The summed E-state index contributed by atoms with van der Waals surface area (Å²) in [6.45, 7) is -0.144. The number of rotatable bonds is 5. The Bertz CT molecular complexity index is 1370. The van der Waals surface area contributed by atoms with Crippen molar-refractivity contribution in [1.82, 2.24) is 14.8 Å². The molecule has 0 unspecified atom stereocenters. The normalized spacial score (nSPS) is 11.6. The maximum absolute atomic E-state index is 13.0. The van der Waals surface area contributed by atoms with E-state index in [0.29, 0.717) is 26.5 Å². The minimum Gasteiger partial charge on any atom is -0.300 e. The van der Waals surface area contributed by atoms with E-state index in [2.05, 4.69) is 15.4 Å². The molecule has 0 saturated carbocycles. The zero-order chi connectivity index (χ0) is 22.9. The lowest BCUT2D eigenvalue weighted by Crippen LogP contribution is -2.22. The van der Waals surface area contributed by atoms with Crippen LogP contribution in [-0.4, -0.2) is 20.7 Å². The largest absolute Gasteiger partial charge is 0.416 e. The van der Waals surface area contributed by atoms with Crippen LogP contribution in [0.15, 0.2) is 59.7 Å². The molecular weight excluding hydrogens is 465 g/mol. The van der Waals surface area contributed by atoms with Crippen molar-refractivity contribution >= 4 is 44.9 Å². The number of nitrogens with one attached hydrogen (secondary N) is 1. The molecule has 0 spiro atoms. The van der Waals surface area contributed by atoms with Gasteiger partial charge in [0.2, 0.25) is 11.3 Å². The number of nitrogens with zero attached hydrogens (tertiary/aromatic N) is 3. The molecule has 0 radical (unpaired) electrons. The van der Waals surface area contributed by atoms with Crippen LogP contribution in [0, 0.1) is 0 Å². The molecule has 164 valence electrons. The SMILES string of the molecule is O=C(Cn1ncc(=O)c2ccccc21)Nc1ncc(Cc2cc(C(F)(F)F)ccc2Cl)s1. The van der Waals surface area contributed by atoms with E-state index in [1.165, 1.54) is 16.9 Å². The van der Waals surface area contributed by atoms with Gasteiger partial charge in [-0.1, -0.05) is 23.7 Å². The van der Waals surface area contributed by atoms with E-state index in [9.17, 15) is 22.8 Å². The summed E-state index contributed by atoms with van der Waals surface area (Å²) in [5.74, 6) is -0.413. The Morgan fingerprint density at radius 3 is 2.72 bits per heavy atom. The minimum atomic E-state index is -4.47. The van der Waals surface area contributed by atoms with Crippen LogP contribution in [-0.2, 0) is 23.9 Å². The summed E-state index contributed by atoms with van der Waals surface area (Å²) in [5, 5.41) is 7.60. The van der Waals surface area contributed by atoms with Crippen LogP contribution in [0.5, 0.6) is 0 Å². The standard InChI is InChI=1S/C21H14ClF3N4O2S/c22-16-6-5-13(21(23,24)25)7-12(16)8-14-9-26-20(32-14)28-19(31)11-29-17-4-2-1-3-15(17)18(30)10-27-29/h1-7,9-10H,8,11H2,(H,26,28,31). The number of carbonyl (C=O) groups excluding carboxylic acids is 1. The highest BCUT2D eigenvalue weighted by Gasteiger charge is 2.31. The molecule has 2 aromatic heterocycles. The first-order valence-corrected chi connectivity index (χ1v) is 10.5. The Morgan fingerprint density at radius 2 is 1.94 bits per heavy atom. The number of fused-ring (bicyclic) bond motifs is 1. The van der Waals surface area contributed by atoms with Crippen LogP contribution < -0.4 is 10.7 Å². The number of thiazole rings is 1. The second-order valence-corrected chi connectivity index (χ2v) is 8.37. The molecule has 4 aromatic rings. The summed E-state index contributed by atoms with van der Waals surface area (Å²) in [4.78, 5) is 29.1. The molecule has 1 amide bonds. The molecule has 32 heavy (non-hydrogen) atoms. The van der Waals surface area contributed by atoms with Crippen LogP contribution in [0.25, 0.3) is 10.9 Å². The maximum Gasteiger partial charge on any atom is 0.416 e. The molecule has 0 aliphatic heterocycles. The Kier molecular flexibility index (Phi) is 5.98. The van der Waals surface area contributed by atoms with Gasteiger partial charge in [0.1, 0.15) is 6.54 Å². The van der Waals surface area contributed by atoms with E-state index in [-0.39, 0.29) is 23.4 Å². The fourth-order valence-corrected chi connectivity index (χ4v) is 4.14. The third-order valence-corrected chi connectivity index (χ3v) is 5.87. The molecule has 6 nitrogen and oxygen atoms in total. The van der Waals surface area contributed by atoms with E-state index >= 15 is 0 Å². The number of hydrogen-bond acceptors (Lipinski definition) is 5. The van der Waals surface area contributed by atoms with Crippen molar-refractivity contribution in [2.45, 2.75) is 19.1 Å². The number of alkyl halides is 3. The number of benzene rings is 2. The Morgan fingerprint density at radius 1 is 1.16 bits per heavy atom. The maximum atomic E-state index is 13.0. The predicted octanol–water partition coefficient (Wildman–Crippen LogP) is 4.75. The van der Waals surface area contributed by atoms with Crippen molar-refractivity contribution in [3.8, 4) is 0 Å². The number of halogens is 4. The summed E-state index contributed by atoms with van der Waals surface area (Å²) < 4.78 is 40.3. The number of hydrogen-bond donors (Lipinski definition) is 1. The average Bonchev–Trinajstić information content (AvgIpc) is 3.18. The van der Waals surface area contributed by atoms with Crippen molar-refractivity contribution in [3.63, 3.8) is 0 Å². The number of para-hydroxylation sites is 1. The highest BCUT2D eigenvalue weighted by molar-refractivity contribution is 7.15. The summed E-state index contributed by atoms with van der Waals surface area (Å²) >= 11 is 7.18. The molecular formula is C21H14ClF3N4O2S. The van der Waals surface area contributed by atoms with E-state index in [0.717, 1.165) is 29.7 Å². The Labute approximate surface area is 188 Å². The van der Waals surface area contributed by atoms with Crippen molar-refractivity contribution < 1.29 is 18.0 Å². The van der Waals surface area contributed by atoms with Gasteiger partial charge in [0.25, 0.3) is 0 Å². The lowest BCUT2D eigenvalue weighted by Gasteiger charge is -2.09. The van der Waals surface area contributed by atoms with Crippen LogP contribution >= 0.6 is 22.9 Å². The molecule has 4 rings (SSSR count). The Balaban J connectivity index is 1.47. The van der Waals surface area contributed by atoms with Crippen molar-refractivity contribution in [2.75, 3.05) is 5.32 Å². The van der Waals surface area contributed by atoms with Gasteiger partial charge < -0.3 is 5.32 Å². The smallest absolute Gasteiger partial charge is 0.300 e. The van der Waals surface area contributed by atoms with Crippen molar-refractivity contribution in [1.29, 1.82) is 0 Å². The highest BCUT2D eigenvalue weighted by atomic mass is 35.5. The molecule has 2 heterocycles. The van der Waals surface area contributed by atoms with Crippen molar-refractivity contribution in [2.24, 2.45) is 0 Å². The molecule has 1 N–H and O–H groups in total. The Hall–Kier alpha value is -3.24. The lowest BCUT2D eigenvalue weighted by atomic mass is 10.1. The van der Waals surface area contributed by atoms with Gasteiger partial charge >= 0.3 is 6.18 Å². The summed E-state index contributed by atoms with van der Waals surface area (Å²) in [7, 11) is 0. The monoisotopic (exact) mass is 478 g/mol. The minimum absolute atomic E-state index is 0.141. The molecule has 0 fully saturated rings. The van der Waals surface area contributed by atoms with Gasteiger partial charge in [-0.05, 0) is 35.9 Å². The summed E-state index contributed by atoms with van der Waals surface area (Å²) in [6.07, 6.45) is -1.70. The third kappa shape index (κ3) is 4.81. The zero-order valence-electron chi connectivity index (χ0n) is 16.2. The van der Waals surface area contributed by atoms with Gasteiger partial charge in [-0.3, -0.25) is 14.3 Å². The molecule has 0 bridgehead atoms. The predicted molar refractivity (Wildman–Crippen MR) is 116 cm³/mol. The van der Waals surface area contributed by atoms with Crippen LogP contribution in [0.3, 0.4) is 0 Å². The topological polar surface area (TPSA) is 76.9 Å². The second kappa shape index (κ2) is 8.71. The first kappa shape index (κ1) is 22.0. The van der Waals surface area contributed by atoms with Gasteiger partial charge in [-0.15, -0.1) is 11.3 Å². The van der Waals surface area contributed by atoms with E-state index in [4.69, 9.17) is 11.6 Å². The first-order valence-electron chi connectivity index (χ1n) is 9.26.